The van der Waals surface area contributed by atoms with Crippen LogP contribution in [-0.4, -0.2) is 9.79 Å². The Hall–Kier alpha value is 0.470. The van der Waals surface area contributed by atoms with Crippen LogP contribution in [0.5, 0.6) is 0 Å². The van der Waals surface area contributed by atoms with Gasteiger partial charge in [0, 0.05) is 0 Å². The number of hydrogen-bond acceptors (Lipinski definition) is 1. The summed E-state index contributed by atoms with van der Waals surface area (Å²) in [5, 5.41) is 0. The lowest BCUT2D eigenvalue weighted by Gasteiger charge is -1.61. The van der Waals surface area contributed by atoms with Gasteiger partial charge in [0.1, 0.15) is 0 Å². The minimum absolute atomic E-state index is 0. The van der Waals surface area contributed by atoms with E-state index in [9.17, 15) is 0 Å². The summed E-state index contributed by atoms with van der Waals surface area (Å²) in [5.41, 5.74) is 0. The van der Waals surface area contributed by atoms with Crippen LogP contribution in [-0.2, 0) is 4.57 Å². The van der Waals surface area contributed by atoms with Crippen molar-refractivity contribution in [3.8, 4) is 0 Å². The van der Waals surface area contributed by atoms with Gasteiger partial charge in [-0.2, -0.15) is 0 Å². The Bertz CT molecular complexity index is 74.9. The highest BCUT2D eigenvalue weighted by Crippen LogP contribution is 1.98. The van der Waals surface area contributed by atoms with Gasteiger partial charge in [0.2, 0.25) is 0 Å². The quantitative estimate of drug-likeness (QED) is 0.513. The summed E-state index contributed by atoms with van der Waals surface area (Å²) in [4.78, 5) is 14.3. The number of allylic oxidation sites excluding steroid dienone is 1. The maximum Gasteiger partial charge on any atom is 0.314 e. The Morgan fingerprint density at radius 3 is 1.60 bits per heavy atom. The molecule has 0 aromatic rings. The molecule has 0 aliphatic carbocycles. The summed E-state index contributed by atoms with van der Waals surface area (Å²) in [6.45, 7) is 5.54. The zero-order valence-electron chi connectivity index (χ0n) is 5.61. The third kappa shape index (κ3) is 219. The van der Waals surface area contributed by atoms with E-state index in [1.165, 1.54) is 0 Å². The van der Waals surface area contributed by atoms with Crippen LogP contribution in [0.3, 0.4) is 0 Å². The molecule has 66 valence electrons. The molecule has 0 spiro atoms. The fourth-order valence-corrected chi connectivity index (χ4v) is 0. The maximum absolute atomic E-state index is 8.74. The van der Waals surface area contributed by atoms with E-state index in [1.807, 2.05) is 6.08 Å². The molecule has 0 amide bonds. The normalized spacial score (nSPS) is 6.00. The third-order valence-corrected chi connectivity index (χ3v) is 0.289. The Morgan fingerprint density at radius 2 is 1.60 bits per heavy atom. The van der Waals surface area contributed by atoms with Gasteiger partial charge in [0.15, 0.2) is 0 Å². The standard InChI is InChI=1S/C4H8.2ClH.H3O3P/c1-3-4-2;;;1-4(2)3/h3H,1,4H2,2H3;2*1H;4H,(H2,1,2,3). The van der Waals surface area contributed by atoms with Crippen molar-refractivity contribution >= 4 is 33.1 Å². The van der Waals surface area contributed by atoms with Crippen LogP contribution in [0.4, 0.5) is 0 Å². The first-order valence-corrected chi connectivity index (χ1v) is 3.48. The molecule has 0 fully saturated rings. The Balaban J connectivity index is -0.0000000300. The lowest BCUT2D eigenvalue weighted by molar-refractivity contribution is 0.405. The van der Waals surface area contributed by atoms with Crippen LogP contribution < -0.4 is 0 Å². The van der Waals surface area contributed by atoms with Gasteiger partial charge < -0.3 is 9.79 Å². The Kier molecular flexibility index (Phi) is 50.9. The first-order chi connectivity index (χ1) is 3.65. The van der Waals surface area contributed by atoms with Crippen LogP contribution in [0.25, 0.3) is 0 Å². The molecular formula is C4H13Cl2O3P. The molecular weight excluding hydrogens is 198 g/mol. The lowest BCUT2D eigenvalue weighted by Crippen LogP contribution is -1.38. The van der Waals surface area contributed by atoms with Gasteiger partial charge >= 0.3 is 8.25 Å². The Labute approximate surface area is 73.9 Å². The predicted molar refractivity (Wildman–Crippen MR) is 48.4 cm³/mol. The monoisotopic (exact) mass is 210 g/mol. The second-order valence-electron chi connectivity index (χ2n) is 0.979. The summed E-state index contributed by atoms with van der Waals surface area (Å²) in [6.07, 6.45) is 2.96. The smallest absolute Gasteiger partial charge is 0.314 e. The molecule has 0 radical (unpaired) electrons. The molecule has 2 N–H and O–H groups in total. The van der Waals surface area contributed by atoms with E-state index < -0.39 is 8.25 Å². The van der Waals surface area contributed by atoms with Gasteiger partial charge in [-0.25, -0.2) is 0 Å². The topological polar surface area (TPSA) is 57.5 Å². The van der Waals surface area contributed by atoms with Gasteiger partial charge in [-0.3, -0.25) is 4.57 Å². The van der Waals surface area contributed by atoms with E-state index in [0.717, 1.165) is 6.42 Å². The van der Waals surface area contributed by atoms with Gasteiger partial charge in [-0.1, -0.05) is 13.0 Å². The van der Waals surface area contributed by atoms with Gasteiger partial charge in [0.05, 0.1) is 0 Å². The summed E-state index contributed by atoms with van der Waals surface area (Å²) >= 11 is 0. The molecule has 0 aliphatic rings. The maximum atomic E-state index is 8.74. The fraction of sp³-hybridized carbons (Fsp3) is 0.500. The van der Waals surface area contributed by atoms with Crippen LogP contribution in [0.1, 0.15) is 13.3 Å². The molecule has 0 rings (SSSR count). The molecule has 0 aromatic carbocycles. The predicted octanol–water partition coefficient (Wildman–Crippen LogP) is 1.79. The molecule has 6 heteroatoms. The molecule has 0 bridgehead atoms. The molecule has 0 aliphatic heterocycles. The minimum atomic E-state index is -3.13. The SMILES string of the molecule is C=CCC.Cl.Cl.O=[PH](O)O. The molecule has 0 saturated heterocycles. The van der Waals surface area contributed by atoms with Crippen molar-refractivity contribution in [2.24, 2.45) is 0 Å². The zero-order valence-corrected chi connectivity index (χ0v) is 8.24. The van der Waals surface area contributed by atoms with E-state index in [2.05, 4.69) is 13.5 Å². The van der Waals surface area contributed by atoms with Gasteiger partial charge in [0.25, 0.3) is 0 Å². The first kappa shape index (κ1) is 22.4. The second kappa shape index (κ2) is 22.7. The molecule has 0 saturated carbocycles. The second-order valence-corrected chi connectivity index (χ2v) is 1.54. The van der Waals surface area contributed by atoms with Crippen molar-refractivity contribution in [2.45, 2.75) is 13.3 Å². The Morgan fingerprint density at radius 1 is 1.50 bits per heavy atom. The largest absolute Gasteiger partial charge is 0.326 e. The van der Waals surface area contributed by atoms with Crippen molar-refractivity contribution in [1.29, 1.82) is 0 Å². The van der Waals surface area contributed by atoms with Crippen molar-refractivity contribution < 1.29 is 14.4 Å². The third-order valence-electron chi connectivity index (χ3n) is 0.289. The molecule has 0 atom stereocenters. The van der Waals surface area contributed by atoms with Gasteiger partial charge in [-0.05, 0) is 6.42 Å². The van der Waals surface area contributed by atoms with E-state index in [4.69, 9.17) is 14.4 Å². The summed E-state index contributed by atoms with van der Waals surface area (Å²) < 4.78 is 8.74. The van der Waals surface area contributed by atoms with E-state index in [-0.39, 0.29) is 24.8 Å². The van der Waals surface area contributed by atoms with E-state index in [0.29, 0.717) is 0 Å². The van der Waals surface area contributed by atoms with E-state index >= 15 is 0 Å². The van der Waals surface area contributed by atoms with Gasteiger partial charge in [-0.15, -0.1) is 31.4 Å². The highest BCUT2D eigenvalue weighted by atomic mass is 35.5. The summed E-state index contributed by atoms with van der Waals surface area (Å²) in [5.74, 6) is 0. The molecule has 0 aromatic heterocycles. The van der Waals surface area contributed by atoms with Crippen molar-refractivity contribution in [2.75, 3.05) is 0 Å². The number of halogens is 2. The molecule has 10 heavy (non-hydrogen) atoms. The van der Waals surface area contributed by atoms with Crippen molar-refractivity contribution in [1.82, 2.24) is 0 Å². The average Bonchev–Trinajstić information content (AvgIpc) is 1.65. The lowest BCUT2D eigenvalue weighted by atomic mass is 10.5. The molecule has 3 nitrogen and oxygen atoms in total. The minimum Gasteiger partial charge on any atom is -0.326 e. The van der Waals surface area contributed by atoms with E-state index in [1.54, 1.807) is 0 Å². The average molecular weight is 211 g/mol. The van der Waals surface area contributed by atoms with Crippen molar-refractivity contribution in [3.63, 3.8) is 0 Å². The van der Waals surface area contributed by atoms with Crippen LogP contribution >= 0.6 is 33.1 Å². The highest BCUT2D eigenvalue weighted by molar-refractivity contribution is 7.30. The number of rotatable bonds is 1. The molecule has 0 unspecified atom stereocenters. The first-order valence-electron chi connectivity index (χ1n) is 2.17. The summed E-state index contributed by atoms with van der Waals surface area (Å²) in [7, 11) is -3.13. The highest BCUT2D eigenvalue weighted by Gasteiger charge is 1.61. The van der Waals surface area contributed by atoms with Crippen molar-refractivity contribution in [3.05, 3.63) is 12.7 Å². The summed E-state index contributed by atoms with van der Waals surface area (Å²) in [6, 6.07) is 0. The van der Waals surface area contributed by atoms with Crippen LogP contribution in [0, 0.1) is 0 Å². The van der Waals surface area contributed by atoms with Crippen LogP contribution in [0.2, 0.25) is 0 Å². The number of hydrogen-bond donors (Lipinski definition) is 2. The zero-order chi connectivity index (χ0) is 6.99. The fourth-order valence-electron chi connectivity index (χ4n) is 0. The van der Waals surface area contributed by atoms with Crippen LogP contribution in [0.15, 0.2) is 12.7 Å². The molecule has 0 heterocycles.